The van der Waals surface area contributed by atoms with E-state index >= 15 is 0 Å². The minimum Gasteiger partial charge on any atom is -0.398 e. The lowest BCUT2D eigenvalue weighted by Crippen LogP contribution is -2.15. The van der Waals surface area contributed by atoms with Gasteiger partial charge in [0, 0.05) is 17.2 Å². The van der Waals surface area contributed by atoms with E-state index in [4.69, 9.17) is 5.73 Å². The Kier molecular flexibility index (Phi) is 3.06. The molecule has 1 aromatic heterocycles. The number of benzene rings is 1. The molecule has 1 amide bonds. The van der Waals surface area contributed by atoms with E-state index in [1.807, 2.05) is 18.2 Å². The number of anilines is 2. The molecule has 0 spiro atoms. The average molecular weight is 235 g/mol. The van der Waals surface area contributed by atoms with Crippen molar-refractivity contribution in [2.75, 3.05) is 11.1 Å². The maximum atomic E-state index is 11.6. The number of nitrogens with two attached hydrogens (primary N) is 1. The predicted octanol–water partition coefficient (Wildman–Crippen LogP) is 0.696. The summed E-state index contributed by atoms with van der Waals surface area (Å²) in [7, 11) is 0. The number of carbonyl (C=O) groups excluding carboxylic acids is 1. The minimum atomic E-state index is -0.184. The highest BCUT2D eigenvalue weighted by molar-refractivity contribution is 7.09. The Bertz CT molecular complexity index is 484. The van der Waals surface area contributed by atoms with Crippen LogP contribution in [-0.4, -0.2) is 20.7 Å². The monoisotopic (exact) mass is 235 g/mol. The molecule has 0 aliphatic carbocycles. The molecule has 0 saturated carbocycles. The van der Waals surface area contributed by atoms with Crippen LogP contribution in [0.2, 0.25) is 0 Å². The zero-order valence-electron chi connectivity index (χ0n) is 8.25. The molecule has 6 nitrogen and oxygen atoms in total. The van der Waals surface area contributed by atoms with Gasteiger partial charge in [0.25, 0.3) is 0 Å². The third-order valence-electron chi connectivity index (χ3n) is 1.95. The van der Waals surface area contributed by atoms with Gasteiger partial charge in [-0.3, -0.25) is 10.1 Å². The first-order chi connectivity index (χ1) is 7.75. The number of amides is 1. The van der Waals surface area contributed by atoms with Crippen molar-refractivity contribution in [1.29, 1.82) is 0 Å². The molecule has 0 aliphatic rings. The first-order valence-corrected chi connectivity index (χ1v) is 5.31. The highest BCUT2D eigenvalue weighted by atomic mass is 32.1. The van der Waals surface area contributed by atoms with Gasteiger partial charge in [-0.05, 0) is 16.8 Å². The van der Waals surface area contributed by atoms with Crippen molar-refractivity contribution in [1.82, 2.24) is 14.8 Å². The van der Waals surface area contributed by atoms with Crippen LogP contribution in [0.5, 0.6) is 0 Å². The lowest BCUT2D eigenvalue weighted by Gasteiger charge is -2.04. The number of hydrogen-bond donors (Lipinski definition) is 2. The van der Waals surface area contributed by atoms with Gasteiger partial charge in [-0.25, -0.2) is 0 Å². The summed E-state index contributed by atoms with van der Waals surface area (Å²) >= 11 is 1.03. The van der Waals surface area contributed by atoms with Crippen LogP contribution in [0.1, 0.15) is 5.56 Å². The number of nitrogens with zero attached hydrogens (tertiary/aromatic N) is 3. The molecule has 7 heteroatoms. The molecule has 0 unspecified atom stereocenters. The van der Waals surface area contributed by atoms with Crippen molar-refractivity contribution >= 4 is 28.3 Å². The lowest BCUT2D eigenvalue weighted by atomic mass is 10.1. The third kappa shape index (κ3) is 2.51. The maximum Gasteiger partial charge on any atom is 0.231 e. The summed E-state index contributed by atoms with van der Waals surface area (Å²) in [5.74, 6) is -0.184. The molecule has 16 heavy (non-hydrogen) atoms. The van der Waals surface area contributed by atoms with Crippen molar-refractivity contribution < 1.29 is 4.79 Å². The van der Waals surface area contributed by atoms with Crippen LogP contribution in [0.3, 0.4) is 0 Å². The number of carbonyl (C=O) groups is 1. The minimum absolute atomic E-state index is 0.184. The standard InChI is InChI=1S/C9H9N5OS/c10-7-4-2-1-3-6(7)5-8(15)11-9-12-13-14-16-9/h1-4H,5,10H2,(H,11,12,14,15). The van der Waals surface area contributed by atoms with Gasteiger partial charge in [-0.1, -0.05) is 27.8 Å². The van der Waals surface area contributed by atoms with E-state index in [-0.39, 0.29) is 12.3 Å². The second-order valence-corrected chi connectivity index (χ2v) is 3.82. The van der Waals surface area contributed by atoms with Crippen LogP contribution in [0, 0.1) is 0 Å². The van der Waals surface area contributed by atoms with Crippen LogP contribution in [0.15, 0.2) is 24.3 Å². The number of aromatic nitrogens is 3. The second-order valence-electron chi connectivity index (χ2n) is 3.09. The molecule has 0 radical (unpaired) electrons. The van der Waals surface area contributed by atoms with Crippen molar-refractivity contribution in [3.63, 3.8) is 0 Å². The first kappa shape index (κ1) is 10.5. The van der Waals surface area contributed by atoms with Gasteiger partial charge in [0.15, 0.2) is 0 Å². The number of nitrogens with one attached hydrogen (secondary N) is 1. The van der Waals surface area contributed by atoms with Gasteiger partial charge in [0.2, 0.25) is 11.0 Å². The van der Waals surface area contributed by atoms with Crippen LogP contribution >= 0.6 is 11.5 Å². The molecule has 0 saturated heterocycles. The molecule has 1 heterocycles. The quantitative estimate of drug-likeness (QED) is 0.763. The Hall–Kier alpha value is -2.02. The zero-order chi connectivity index (χ0) is 11.4. The second kappa shape index (κ2) is 4.67. The summed E-state index contributed by atoms with van der Waals surface area (Å²) in [4.78, 5) is 11.6. The molecule has 2 aromatic rings. The summed E-state index contributed by atoms with van der Waals surface area (Å²) in [6.45, 7) is 0. The molecule has 0 fully saturated rings. The summed E-state index contributed by atoms with van der Waals surface area (Å²) in [5.41, 5.74) is 7.12. The number of para-hydroxylation sites is 1. The molecule has 82 valence electrons. The molecule has 0 bridgehead atoms. The molecule has 0 aliphatic heterocycles. The Morgan fingerprint density at radius 2 is 2.25 bits per heavy atom. The van der Waals surface area contributed by atoms with Gasteiger partial charge >= 0.3 is 0 Å². The fraction of sp³-hybridized carbons (Fsp3) is 0.111. The zero-order valence-corrected chi connectivity index (χ0v) is 9.07. The van der Waals surface area contributed by atoms with Crippen LogP contribution in [-0.2, 0) is 11.2 Å². The Morgan fingerprint density at radius 3 is 2.94 bits per heavy atom. The molecule has 1 aromatic carbocycles. The van der Waals surface area contributed by atoms with Gasteiger partial charge in [0.1, 0.15) is 0 Å². The molecule has 2 rings (SSSR count). The third-order valence-corrected chi connectivity index (χ3v) is 2.46. The Labute approximate surface area is 95.6 Å². The highest BCUT2D eigenvalue weighted by Crippen LogP contribution is 2.12. The van der Waals surface area contributed by atoms with E-state index in [9.17, 15) is 4.79 Å². The summed E-state index contributed by atoms with van der Waals surface area (Å²) in [6, 6.07) is 7.24. The molecular formula is C9H9N5OS. The predicted molar refractivity (Wildman–Crippen MR) is 60.9 cm³/mol. The van der Waals surface area contributed by atoms with Crippen molar-refractivity contribution in [2.24, 2.45) is 0 Å². The smallest absolute Gasteiger partial charge is 0.231 e. The highest BCUT2D eigenvalue weighted by Gasteiger charge is 2.08. The number of nitrogen functional groups attached to an aromatic ring is 1. The van der Waals surface area contributed by atoms with E-state index in [1.165, 1.54) is 0 Å². The Morgan fingerprint density at radius 1 is 1.44 bits per heavy atom. The Balaban J connectivity index is 2.00. The van der Waals surface area contributed by atoms with Crippen molar-refractivity contribution in [2.45, 2.75) is 6.42 Å². The van der Waals surface area contributed by atoms with E-state index in [0.29, 0.717) is 10.8 Å². The van der Waals surface area contributed by atoms with Gasteiger partial charge < -0.3 is 5.73 Å². The van der Waals surface area contributed by atoms with Crippen LogP contribution in [0.25, 0.3) is 0 Å². The lowest BCUT2D eigenvalue weighted by molar-refractivity contribution is -0.115. The summed E-state index contributed by atoms with van der Waals surface area (Å²) < 4.78 is 3.54. The normalized spacial score (nSPS) is 10.0. The van der Waals surface area contributed by atoms with Crippen LogP contribution < -0.4 is 11.1 Å². The topological polar surface area (TPSA) is 93.8 Å². The van der Waals surface area contributed by atoms with E-state index in [2.05, 4.69) is 20.1 Å². The summed E-state index contributed by atoms with van der Waals surface area (Å²) in [6.07, 6.45) is 0.215. The van der Waals surface area contributed by atoms with Crippen LogP contribution in [0.4, 0.5) is 10.8 Å². The van der Waals surface area contributed by atoms with E-state index in [1.54, 1.807) is 6.07 Å². The fourth-order valence-corrected chi connectivity index (χ4v) is 1.60. The van der Waals surface area contributed by atoms with Gasteiger partial charge in [-0.15, -0.1) is 0 Å². The maximum absolute atomic E-state index is 11.6. The average Bonchev–Trinajstić information content (AvgIpc) is 2.74. The molecular weight excluding hydrogens is 226 g/mol. The van der Waals surface area contributed by atoms with E-state index in [0.717, 1.165) is 17.1 Å². The first-order valence-electron chi connectivity index (χ1n) is 4.54. The van der Waals surface area contributed by atoms with E-state index < -0.39 is 0 Å². The summed E-state index contributed by atoms with van der Waals surface area (Å²) in [5, 5.41) is 9.97. The SMILES string of the molecule is Nc1ccccc1CC(=O)Nc1nnns1. The van der Waals surface area contributed by atoms with Gasteiger partial charge in [-0.2, -0.15) is 0 Å². The number of hydrogen-bond acceptors (Lipinski definition) is 6. The molecule has 3 N–H and O–H groups in total. The van der Waals surface area contributed by atoms with Gasteiger partial charge in [0.05, 0.1) is 6.42 Å². The largest absolute Gasteiger partial charge is 0.398 e. The van der Waals surface area contributed by atoms with Crippen molar-refractivity contribution in [3.05, 3.63) is 29.8 Å². The molecule has 0 atom stereocenters. The fourth-order valence-electron chi connectivity index (χ4n) is 1.21. The van der Waals surface area contributed by atoms with Crippen molar-refractivity contribution in [3.8, 4) is 0 Å². The number of rotatable bonds is 3.